The van der Waals surface area contributed by atoms with Crippen molar-refractivity contribution in [2.75, 3.05) is 0 Å². The van der Waals surface area contributed by atoms with Gasteiger partial charge in [0.1, 0.15) is 0 Å². The van der Waals surface area contributed by atoms with Crippen molar-refractivity contribution in [1.29, 1.82) is 0 Å². The zero-order chi connectivity index (χ0) is 17.9. The Morgan fingerprint density at radius 3 is 0.300 bits per heavy atom. The van der Waals surface area contributed by atoms with E-state index >= 15 is 0 Å². The fourth-order valence-electron chi connectivity index (χ4n) is 0. The predicted octanol–water partition coefficient (Wildman–Crippen LogP) is -1.86. The monoisotopic (exact) mass is 405 g/mol. The van der Waals surface area contributed by atoms with Gasteiger partial charge in [0.2, 0.25) is 0 Å². The second kappa shape index (κ2) is 27.4. The summed E-state index contributed by atoms with van der Waals surface area (Å²) < 4.78 is 43.5. The highest BCUT2D eigenvalue weighted by Gasteiger charge is 1.94. The van der Waals surface area contributed by atoms with Crippen LogP contribution in [0, 0.1) is 0 Å². The summed E-state index contributed by atoms with van der Waals surface area (Å²) in [4.78, 5) is 71.2. The summed E-state index contributed by atoms with van der Waals surface area (Å²) in [6.07, 6.45) is 0. The van der Waals surface area contributed by atoms with Gasteiger partial charge in [0.25, 0.3) is 0 Å². The molecule has 0 aliphatic heterocycles. The van der Waals surface area contributed by atoms with E-state index in [1.165, 1.54) is 0 Å². The average Bonchev–Trinajstić information content (AvgIpc) is 1.94. The third-order valence-corrected chi connectivity index (χ3v) is 0. The third kappa shape index (κ3) is 529000. The van der Waals surface area contributed by atoms with Gasteiger partial charge in [-0.2, -0.15) is 0 Å². The van der Waals surface area contributed by atoms with Gasteiger partial charge in [-0.25, -0.2) is 0 Å². The van der Waals surface area contributed by atoms with Gasteiger partial charge in [-0.15, -0.1) is 48.9 Å². The number of rotatable bonds is 0. The molecule has 0 aliphatic rings. The Hall–Kier alpha value is 0.1000. The van der Waals surface area contributed by atoms with Crippen LogP contribution in [0.1, 0.15) is 0 Å². The van der Waals surface area contributed by atoms with E-state index in [0.29, 0.717) is 0 Å². The molecule has 10 N–H and O–H groups in total. The van der Waals surface area contributed by atoms with Gasteiger partial charge in [0.05, 0.1) is 0 Å². The molecule has 0 heterocycles. The van der Waals surface area contributed by atoms with Crippen LogP contribution in [0.5, 0.6) is 0 Å². The van der Waals surface area contributed by atoms with E-state index < -0.39 is 41.3 Å². The first-order valence-electron chi connectivity index (χ1n) is 2.91. The molecular formula is H10O15P5+5. The van der Waals surface area contributed by atoms with Crippen molar-refractivity contribution in [1.82, 2.24) is 0 Å². The molecule has 0 rings (SSSR count). The largest absolute Gasteiger partial charge is 0.692 e. The SMILES string of the molecule is O=[P+](O)O.O=[P+](O)O.O=[P+](O)O.O=[P+](O)O.O=[P+](O)O. The highest BCUT2D eigenvalue weighted by molar-refractivity contribution is 7.31. The summed E-state index contributed by atoms with van der Waals surface area (Å²) in [5, 5.41) is 0. The fourth-order valence-corrected chi connectivity index (χ4v) is 0. The first-order valence-corrected chi connectivity index (χ1v) is 8.74. The molecule has 0 saturated carbocycles. The topological polar surface area (TPSA) is 288 Å². The normalized spacial score (nSPS) is 6.50. The molecule has 0 amide bonds. The lowest BCUT2D eigenvalue weighted by molar-refractivity contribution is 0.403. The standard InChI is InChI=1S/5HO3P/c5*1-4(2)3/h5*(H-,1,2,3)/p+5. The van der Waals surface area contributed by atoms with Crippen molar-refractivity contribution in [2.45, 2.75) is 0 Å². The lowest BCUT2D eigenvalue weighted by Crippen LogP contribution is -1.38. The molecule has 120 valence electrons. The van der Waals surface area contributed by atoms with Crippen LogP contribution in [0.25, 0.3) is 0 Å². The number of hydrogen-bond acceptors (Lipinski definition) is 5. The first kappa shape index (κ1) is 32.2. The van der Waals surface area contributed by atoms with Crippen molar-refractivity contribution in [3.8, 4) is 0 Å². The Morgan fingerprint density at radius 1 is 0.300 bits per heavy atom. The van der Waals surface area contributed by atoms with Crippen molar-refractivity contribution in [2.24, 2.45) is 0 Å². The van der Waals surface area contributed by atoms with Crippen LogP contribution >= 0.6 is 41.3 Å². The summed E-state index contributed by atoms with van der Waals surface area (Å²) in [6.45, 7) is 0. The van der Waals surface area contributed by atoms with Gasteiger partial charge in [-0.05, 0) is 0 Å². The lowest BCUT2D eigenvalue weighted by Gasteiger charge is -1.34. The van der Waals surface area contributed by atoms with Crippen LogP contribution < -0.4 is 0 Å². The van der Waals surface area contributed by atoms with E-state index in [0.717, 1.165) is 0 Å². The van der Waals surface area contributed by atoms with E-state index in [1.807, 2.05) is 0 Å². The lowest BCUT2D eigenvalue weighted by atomic mass is 15.8. The minimum Gasteiger partial charge on any atom is -0.134 e. The Labute approximate surface area is 114 Å². The molecule has 0 spiro atoms. The van der Waals surface area contributed by atoms with Crippen LogP contribution in [0.4, 0.5) is 0 Å². The summed E-state index contributed by atoms with van der Waals surface area (Å²) in [7, 11) is -14.4. The Bertz CT molecular complexity index is 201. The minimum atomic E-state index is -2.87. The van der Waals surface area contributed by atoms with E-state index in [1.54, 1.807) is 0 Å². The Balaban J connectivity index is -0.0000000469. The third-order valence-electron chi connectivity index (χ3n) is 0. The Kier molecular flexibility index (Phi) is 44.1. The molecule has 0 aromatic rings. The van der Waals surface area contributed by atoms with Gasteiger partial charge in [-0.3, -0.25) is 0 Å². The van der Waals surface area contributed by atoms with Crippen molar-refractivity contribution in [3.63, 3.8) is 0 Å². The van der Waals surface area contributed by atoms with Crippen LogP contribution in [-0.2, 0) is 22.8 Å². The predicted molar refractivity (Wildman–Crippen MR) is 60.2 cm³/mol. The summed E-state index contributed by atoms with van der Waals surface area (Å²) in [5.41, 5.74) is 0. The van der Waals surface area contributed by atoms with Crippen LogP contribution in [0.2, 0.25) is 0 Å². The molecule has 20 heavy (non-hydrogen) atoms. The highest BCUT2D eigenvalue weighted by atomic mass is 31.1. The van der Waals surface area contributed by atoms with Gasteiger partial charge in [0, 0.05) is 22.8 Å². The maximum atomic E-state index is 8.70. The molecule has 0 fully saturated rings. The zero-order valence-electron chi connectivity index (χ0n) is 8.75. The highest BCUT2D eigenvalue weighted by Crippen LogP contribution is 1.99. The molecular weight excluding hydrogens is 395 g/mol. The summed E-state index contributed by atoms with van der Waals surface area (Å²) in [6, 6.07) is 0. The molecule has 0 radical (unpaired) electrons. The smallest absolute Gasteiger partial charge is 0.134 e. The van der Waals surface area contributed by atoms with E-state index in [4.69, 9.17) is 71.8 Å². The molecule has 0 aromatic carbocycles. The van der Waals surface area contributed by atoms with Gasteiger partial charge in [-0.1, -0.05) is 0 Å². The maximum Gasteiger partial charge on any atom is 0.692 e. The molecule has 0 aromatic heterocycles. The summed E-state index contributed by atoms with van der Waals surface area (Å²) in [5.74, 6) is 0. The van der Waals surface area contributed by atoms with E-state index in [-0.39, 0.29) is 0 Å². The maximum absolute atomic E-state index is 8.70. The van der Waals surface area contributed by atoms with Gasteiger partial charge in [0.15, 0.2) is 0 Å². The van der Waals surface area contributed by atoms with Crippen LogP contribution in [0.3, 0.4) is 0 Å². The second-order valence-corrected chi connectivity index (χ2v) is 3.79. The van der Waals surface area contributed by atoms with Crippen LogP contribution in [0.15, 0.2) is 0 Å². The molecule has 0 unspecified atom stereocenters. The Morgan fingerprint density at radius 2 is 0.300 bits per heavy atom. The van der Waals surface area contributed by atoms with Crippen molar-refractivity contribution >= 4 is 41.3 Å². The second-order valence-electron chi connectivity index (χ2n) is 1.26. The molecule has 15 nitrogen and oxygen atoms in total. The molecule has 0 atom stereocenters. The average molecular weight is 405 g/mol. The molecule has 0 aliphatic carbocycles. The van der Waals surface area contributed by atoms with E-state index in [2.05, 4.69) is 0 Å². The fraction of sp³-hybridized carbons (Fsp3) is 0. The summed E-state index contributed by atoms with van der Waals surface area (Å²) >= 11 is 0. The zero-order valence-corrected chi connectivity index (χ0v) is 13.2. The minimum absolute atomic E-state index is 2.87. The van der Waals surface area contributed by atoms with Crippen LogP contribution in [-0.4, -0.2) is 48.9 Å². The van der Waals surface area contributed by atoms with E-state index in [9.17, 15) is 0 Å². The quantitative estimate of drug-likeness (QED) is 0.198. The first-order chi connectivity index (χ1) is 8.66. The molecule has 20 heteroatoms. The van der Waals surface area contributed by atoms with Gasteiger partial charge >= 0.3 is 41.3 Å². The molecule has 0 bridgehead atoms. The van der Waals surface area contributed by atoms with Crippen molar-refractivity contribution < 1.29 is 71.8 Å². The molecule has 0 saturated heterocycles. The number of hydrogen-bond donors (Lipinski definition) is 10. The van der Waals surface area contributed by atoms with Gasteiger partial charge < -0.3 is 0 Å². The van der Waals surface area contributed by atoms with Crippen molar-refractivity contribution in [3.05, 3.63) is 0 Å².